The smallest absolute Gasteiger partial charge is 0.189 e. The van der Waals surface area contributed by atoms with Crippen molar-refractivity contribution in [3.63, 3.8) is 0 Å². The summed E-state index contributed by atoms with van der Waals surface area (Å²) in [5.41, 5.74) is 9.13. The molecule has 0 aliphatic rings. The summed E-state index contributed by atoms with van der Waals surface area (Å²) in [4.78, 5) is 4.39. The number of nitrogens with one attached hydrogen (secondary N) is 1. The third-order valence-corrected chi connectivity index (χ3v) is 4.11. The van der Waals surface area contributed by atoms with Crippen LogP contribution in [0.2, 0.25) is 0 Å². The minimum Gasteiger partial charge on any atom is -0.493 e. The number of methoxy groups -OCH3 is 3. The molecule has 0 saturated carbocycles. The molecule has 0 atom stereocenters. The summed E-state index contributed by atoms with van der Waals surface area (Å²) in [6.07, 6.45) is 0. The Kier molecular flexibility index (Phi) is 11.2. The number of nitrogens with zero attached hydrogens (tertiary/aromatic N) is 1. The monoisotopic (exact) mass is 515 g/mol. The Hall–Kier alpha value is -2.20. The minimum absolute atomic E-state index is 0. The van der Waals surface area contributed by atoms with Gasteiger partial charge in [-0.2, -0.15) is 0 Å². The van der Waals surface area contributed by atoms with E-state index in [1.807, 2.05) is 43.3 Å². The lowest BCUT2D eigenvalue weighted by Crippen LogP contribution is -2.31. The van der Waals surface area contributed by atoms with Gasteiger partial charge >= 0.3 is 0 Å². The molecule has 0 fully saturated rings. The molecule has 0 aliphatic carbocycles. The van der Waals surface area contributed by atoms with E-state index in [4.69, 9.17) is 24.7 Å². The van der Waals surface area contributed by atoms with E-state index in [9.17, 15) is 0 Å². The molecule has 2 aromatic carbocycles. The maximum atomic E-state index is 6.02. The molecular weight excluding hydrogens is 485 g/mol. The molecule has 0 aromatic heterocycles. The predicted octanol–water partition coefficient (Wildman–Crippen LogP) is 3.26. The highest BCUT2D eigenvalue weighted by atomic mass is 127. The molecule has 0 saturated heterocycles. The first-order valence-corrected chi connectivity index (χ1v) is 9.03. The highest BCUT2D eigenvalue weighted by Crippen LogP contribution is 2.27. The summed E-state index contributed by atoms with van der Waals surface area (Å²) in [5.74, 6) is 2.52. The number of guanidine groups is 1. The fourth-order valence-electron chi connectivity index (χ4n) is 2.57. The van der Waals surface area contributed by atoms with Crippen LogP contribution in [0, 0.1) is 6.92 Å². The van der Waals surface area contributed by atoms with Crippen LogP contribution in [0.25, 0.3) is 0 Å². The fourth-order valence-corrected chi connectivity index (χ4v) is 2.57. The first-order valence-electron chi connectivity index (χ1n) is 9.03. The number of hydrogen-bond acceptors (Lipinski definition) is 5. The molecule has 0 bridgehead atoms. The molecule has 29 heavy (non-hydrogen) atoms. The summed E-state index contributed by atoms with van der Waals surface area (Å²) in [6, 6.07) is 11.7. The molecule has 2 aromatic rings. The van der Waals surface area contributed by atoms with Crippen LogP contribution in [0.1, 0.15) is 16.7 Å². The number of halogens is 1. The van der Waals surface area contributed by atoms with Gasteiger partial charge in [-0.05, 0) is 36.2 Å². The van der Waals surface area contributed by atoms with E-state index in [0.29, 0.717) is 43.8 Å². The van der Waals surface area contributed by atoms with Crippen LogP contribution in [0.15, 0.2) is 41.4 Å². The van der Waals surface area contributed by atoms with Crippen molar-refractivity contribution in [3.05, 3.63) is 53.1 Å². The van der Waals surface area contributed by atoms with Gasteiger partial charge in [-0.15, -0.1) is 24.0 Å². The van der Waals surface area contributed by atoms with Crippen molar-refractivity contribution in [3.8, 4) is 17.2 Å². The second-order valence-electron chi connectivity index (χ2n) is 6.20. The van der Waals surface area contributed by atoms with E-state index >= 15 is 0 Å². The van der Waals surface area contributed by atoms with Gasteiger partial charge < -0.3 is 30.0 Å². The molecule has 2 rings (SSSR count). The van der Waals surface area contributed by atoms with Gasteiger partial charge in [0.15, 0.2) is 17.5 Å². The van der Waals surface area contributed by atoms with Crippen LogP contribution in [0.5, 0.6) is 17.2 Å². The standard InChI is InChI=1S/C21H29N3O4.HI/c1-15-5-7-17(19(11-15)28-10-9-25-2)14-24-21(22)23-13-16-6-8-18(26-3)20(12-16)27-4;/h5-8,11-12H,9-10,13-14H2,1-4H3,(H3,22,23,24);1H. The first-order chi connectivity index (χ1) is 13.6. The van der Waals surface area contributed by atoms with Crippen LogP contribution in [-0.2, 0) is 17.8 Å². The summed E-state index contributed by atoms with van der Waals surface area (Å²) in [6.45, 7) is 4.01. The van der Waals surface area contributed by atoms with Crippen LogP contribution in [0.3, 0.4) is 0 Å². The molecule has 0 heterocycles. The quantitative estimate of drug-likeness (QED) is 0.219. The summed E-state index contributed by atoms with van der Waals surface area (Å²) in [5, 5.41) is 3.13. The summed E-state index contributed by atoms with van der Waals surface area (Å²) >= 11 is 0. The molecule has 8 heteroatoms. The lowest BCUT2D eigenvalue weighted by molar-refractivity contribution is 0.145. The van der Waals surface area contributed by atoms with Gasteiger partial charge in [0.1, 0.15) is 12.4 Å². The van der Waals surface area contributed by atoms with E-state index in [-0.39, 0.29) is 24.0 Å². The maximum absolute atomic E-state index is 6.02. The molecule has 7 nitrogen and oxygen atoms in total. The average Bonchev–Trinajstić information content (AvgIpc) is 2.71. The maximum Gasteiger partial charge on any atom is 0.189 e. The summed E-state index contributed by atoms with van der Waals surface area (Å²) < 4.78 is 21.4. The van der Waals surface area contributed by atoms with Gasteiger partial charge in [-0.1, -0.05) is 18.2 Å². The number of aliphatic imine (C=N–C) groups is 1. The third kappa shape index (κ3) is 7.98. The molecule has 0 amide bonds. The number of aryl methyl sites for hydroxylation is 1. The molecular formula is C21H30IN3O4. The van der Waals surface area contributed by atoms with Crippen LogP contribution in [-0.4, -0.2) is 40.5 Å². The van der Waals surface area contributed by atoms with Crippen LogP contribution in [0.4, 0.5) is 0 Å². The van der Waals surface area contributed by atoms with Gasteiger partial charge in [0.05, 0.1) is 27.4 Å². The lowest BCUT2D eigenvalue weighted by atomic mass is 10.1. The van der Waals surface area contributed by atoms with E-state index in [2.05, 4.69) is 10.3 Å². The Bertz CT molecular complexity index is 799. The Labute approximate surface area is 189 Å². The van der Waals surface area contributed by atoms with Crippen LogP contribution >= 0.6 is 24.0 Å². The Morgan fingerprint density at radius 3 is 2.41 bits per heavy atom. The molecule has 0 radical (unpaired) electrons. The Morgan fingerprint density at radius 1 is 0.966 bits per heavy atom. The number of benzene rings is 2. The normalized spacial score (nSPS) is 10.8. The molecule has 0 spiro atoms. The zero-order valence-electron chi connectivity index (χ0n) is 17.4. The first kappa shape index (κ1) is 24.8. The van der Waals surface area contributed by atoms with Gasteiger partial charge in [0, 0.05) is 19.2 Å². The number of hydrogen-bond donors (Lipinski definition) is 2. The van der Waals surface area contributed by atoms with Gasteiger partial charge in [0.25, 0.3) is 0 Å². The molecule has 0 unspecified atom stereocenters. The minimum atomic E-state index is 0. The van der Waals surface area contributed by atoms with Crippen molar-refractivity contribution in [2.45, 2.75) is 20.0 Å². The van der Waals surface area contributed by atoms with E-state index in [1.54, 1.807) is 21.3 Å². The zero-order valence-corrected chi connectivity index (χ0v) is 19.7. The van der Waals surface area contributed by atoms with E-state index < -0.39 is 0 Å². The van der Waals surface area contributed by atoms with Crippen molar-refractivity contribution in [2.75, 3.05) is 34.5 Å². The van der Waals surface area contributed by atoms with Crippen molar-refractivity contribution in [1.29, 1.82) is 0 Å². The van der Waals surface area contributed by atoms with Crippen molar-refractivity contribution in [1.82, 2.24) is 5.32 Å². The summed E-state index contributed by atoms with van der Waals surface area (Å²) in [7, 11) is 4.86. The van der Waals surface area contributed by atoms with E-state index in [0.717, 1.165) is 22.4 Å². The van der Waals surface area contributed by atoms with Crippen molar-refractivity contribution < 1.29 is 18.9 Å². The number of nitrogens with two attached hydrogens (primary N) is 1. The molecule has 160 valence electrons. The topological polar surface area (TPSA) is 87.3 Å². The van der Waals surface area contributed by atoms with E-state index in [1.165, 1.54) is 0 Å². The number of rotatable bonds is 10. The average molecular weight is 515 g/mol. The molecule has 0 aliphatic heterocycles. The Morgan fingerprint density at radius 2 is 1.72 bits per heavy atom. The number of ether oxygens (including phenoxy) is 4. The highest BCUT2D eigenvalue weighted by Gasteiger charge is 2.06. The second kappa shape index (κ2) is 13.1. The zero-order chi connectivity index (χ0) is 20.4. The largest absolute Gasteiger partial charge is 0.493 e. The predicted molar refractivity (Wildman–Crippen MR) is 126 cm³/mol. The van der Waals surface area contributed by atoms with Gasteiger partial charge in [-0.25, -0.2) is 4.99 Å². The van der Waals surface area contributed by atoms with Crippen molar-refractivity contribution in [2.24, 2.45) is 10.7 Å². The van der Waals surface area contributed by atoms with Gasteiger partial charge in [0.2, 0.25) is 0 Å². The second-order valence-corrected chi connectivity index (χ2v) is 6.20. The van der Waals surface area contributed by atoms with Gasteiger partial charge in [-0.3, -0.25) is 0 Å². The lowest BCUT2D eigenvalue weighted by Gasteiger charge is -2.13. The fraction of sp³-hybridized carbons (Fsp3) is 0.381. The SMILES string of the molecule is COCCOc1cc(C)ccc1CNC(N)=NCc1ccc(OC)c(OC)c1.I. The van der Waals surface area contributed by atoms with Crippen molar-refractivity contribution >= 4 is 29.9 Å². The van der Waals surface area contributed by atoms with Crippen LogP contribution < -0.4 is 25.3 Å². The Balaban J connectivity index is 0.00000420. The molecule has 3 N–H and O–H groups in total. The highest BCUT2D eigenvalue weighted by molar-refractivity contribution is 14.0. The third-order valence-electron chi connectivity index (χ3n) is 4.11.